The normalized spacial score (nSPS) is 9.33. The highest BCUT2D eigenvalue weighted by molar-refractivity contribution is 7.79. The Kier molecular flexibility index (Phi) is 9.50. The van der Waals surface area contributed by atoms with Gasteiger partial charge in [-0.15, -0.1) is 0 Å². The van der Waals surface area contributed by atoms with E-state index in [1.807, 2.05) is 60.7 Å². The average molecular weight is 314 g/mol. The number of benzene rings is 2. The van der Waals surface area contributed by atoms with Gasteiger partial charge < -0.3 is 10.9 Å². The highest BCUT2D eigenvalue weighted by Gasteiger charge is 1.84. The minimum absolute atomic E-state index is 0.938. The fourth-order valence-corrected chi connectivity index (χ4v) is 1.07. The first-order valence-electron chi connectivity index (χ1n) is 5.60. The first-order valence-corrected chi connectivity index (χ1v) is 6.99. The molecule has 0 aliphatic rings. The zero-order valence-corrected chi connectivity index (χ0v) is 11.9. The van der Waals surface area contributed by atoms with Crippen LogP contribution in [0, 0.1) is 0 Å². The van der Waals surface area contributed by atoms with Gasteiger partial charge in [-0.05, 0) is 24.3 Å². The maximum Gasteiger partial charge on any atom is 0.394 e. The van der Waals surface area contributed by atoms with Crippen molar-refractivity contribution in [2.45, 2.75) is 0 Å². The minimum atomic E-state index is -4.67. The first kappa shape index (κ1) is 18.8. The molecule has 0 heterocycles. The lowest BCUT2D eigenvalue weighted by Crippen LogP contribution is -2.05. The number of nitrogens with two attached hydrogens (primary N) is 2. The van der Waals surface area contributed by atoms with Crippen molar-refractivity contribution >= 4 is 21.8 Å². The molecule has 0 aliphatic heterocycles. The number of para-hydroxylation sites is 2. The molecular formula is C12H18N4O4S. The van der Waals surface area contributed by atoms with Crippen LogP contribution in [0.25, 0.3) is 0 Å². The van der Waals surface area contributed by atoms with Crippen LogP contribution >= 0.6 is 0 Å². The third-order valence-corrected chi connectivity index (χ3v) is 1.88. The summed E-state index contributed by atoms with van der Waals surface area (Å²) in [6.45, 7) is 0. The van der Waals surface area contributed by atoms with Crippen molar-refractivity contribution in [3.05, 3.63) is 60.7 Å². The van der Waals surface area contributed by atoms with Crippen LogP contribution in [0.5, 0.6) is 0 Å². The van der Waals surface area contributed by atoms with Gasteiger partial charge in [-0.25, -0.2) is 0 Å². The zero-order valence-electron chi connectivity index (χ0n) is 11.0. The number of nitrogens with one attached hydrogen (secondary N) is 2. The monoisotopic (exact) mass is 314 g/mol. The van der Waals surface area contributed by atoms with Gasteiger partial charge in [0.05, 0.1) is 0 Å². The lowest BCUT2D eigenvalue weighted by molar-refractivity contribution is 0.381. The Morgan fingerprint density at radius 2 is 0.952 bits per heavy atom. The Bertz CT molecular complexity index is 531. The van der Waals surface area contributed by atoms with Gasteiger partial charge in [-0.3, -0.25) is 20.8 Å². The number of hydrogen-bond acceptors (Lipinski definition) is 6. The molecule has 116 valence electrons. The molecule has 0 saturated carbocycles. The number of hydrogen-bond donors (Lipinski definition) is 6. The van der Waals surface area contributed by atoms with Crippen molar-refractivity contribution in [3.8, 4) is 0 Å². The van der Waals surface area contributed by atoms with Crippen LogP contribution in [-0.4, -0.2) is 17.5 Å². The highest BCUT2D eigenvalue weighted by Crippen LogP contribution is 2.01. The molecule has 0 radical (unpaired) electrons. The molecule has 0 aromatic heterocycles. The van der Waals surface area contributed by atoms with Gasteiger partial charge in [-0.1, -0.05) is 36.4 Å². The third-order valence-electron chi connectivity index (χ3n) is 1.88. The van der Waals surface area contributed by atoms with E-state index in [1.165, 1.54) is 0 Å². The van der Waals surface area contributed by atoms with E-state index in [4.69, 9.17) is 29.2 Å². The summed E-state index contributed by atoms with van der Waals surface area (Å²) in [6, 6.07) is 19.2. The van der Waals surface area contributed by atoms with Crippen LogP contribution in [0.4, 0.5) is 11.4 Å². The van der Waals surface area contributed by atoms with E-state index in [0.29, 0.717) is 0 Å². The molecule has 0 spiro atoms. The fraction of sp³-hybridized carbons (Fsp3) is 0. The Hall–Kier alpha value is -2.17. The lowest BCUT2D eigenvalue weighted by atomic mass is 10.3. The largest absolute Gasteiger partial charge is 0.394 e. The van der Waals surface area contributed by atoms with Crippen LogP contribution in [0.2, 0.25) is 0 Å². The van der Waals surface area contributed by atoms with Gasteiger partial charge in [-0.2, -0.15) is 8.42 Å². The van der Waals surface area contributed by atoms with Crippen LogP contribution in [0.3, 0.4) is 0 Å². The Morgan fingerprint density at radius 1 is 0.714 bits per heavy atom. The van der Waals surface area contributed by atoms with Crippen molar-refractivity contribution in [1.29, 1.82) is 0 Å². The van der Waals surface area contributed by atoms with Crippen molar-refractivity contribution in [1.82, 2.24) is 0 Å². The maximum atomic E-state index is 8.74. The van der Waals surface area contributed by atoms with E-state index in [9.17, 15) is 0 Å². The summed E-state index contributed by atoms with van der Waals surface area (Å²) in [5.74, 6) is 10.2. The van der Waals surface area contributed by atoms with Gasteiger partial charge in [0.2, 0.25) is 0 Å². The standard InChI is InChI=1S/2C6H8N2.H2O4S/c2*7-8-6-4-2-1-3-5-6;1-5(2,3)4/h2*1-5,8H,7H2;(H2,1,2,3,4). The zero-order chi connectivity index (χ0) is 16.1. The van der Waals surface area contributed by atoms with Gasteiger partial charge >= 0.3 is 10.4 Å². The van der Waals surface area contributed by atoms with Gasteiger partial charge in [0.1, 0.15) is 0 Å². The SMILES string of the molecule is NNc1ccccc1.NNc1ccccc1.O=S(=O)(O)O. The number of hydrazine groups is 2. The van der Waals surface area contributed by atoms with E-state index in [2.05, 4.69) is 10.9 Å². The Labute approximate surface area is 123 Å². The molecule has 8 N–H and O–H groups in total. The molecule has 9 heteroatoms. The van der Waals surface area contributed by atoms with E-state index in [0.717, 1.165) is 11.4 Å². The van der Waals surface area contributed by atoms with Crippen molar-refractivity contribution < 1.29 is 17.5 Å². The molecule has 0 aliphatic carbocycles. The van der Waals surface area contributed by atoms with E-state index >= 15 is 0 Å². The summed E-state index contributed by atoms with van der Waals surface area (Å²) in [6.07, 6.45) is 0. The van der Waals surface area contributed by atoms with E-state index in [1.54, 1.807) is 0 Å². The van der Waals surface area contributed by atoms with Gasteiger partial charge in [0.15, 0.2) is 0 Å². The van der Waals surface area contributed by atoms with Gasteiger partial charge in [0.25, 0.3) is 0 Å². The summed E-state index contributed by atoms with van der Waals surface area (Å²) in [4.78, 5) is 0. The molecule has 0 saturated heterocycles. The molecule has 2 aromatic carbocycles. The summed E-state index contributed by atoms with van der Waals surface area (Å²) in [5, 5.41) is 0. The molecule has 0 amide bonds. The topological polar surface area (TPSA) is 151 Å². The van der Waals surface area contributed by atoms with Crippen molar-refractivity contribution in [2.75, 3.05) is 10.9 Å². The lowest BCUT2D eigenvalue weighted by Gasteiger charge is -1.94. The average Bonchev–Trinajstić information content (AvgIpc) is 2.48. The Balaban J connectivity index is 0.000000296. The molecule has 0 fully saturated rings. The summed E-state index contributed by atoms with van der Waals surface area (Å²) < 4.78 is 31.6. The van der Waals surface area contributed by atoms with Crippen LogP contribution in [0.1, 0.15) is 0 Å². The van der Waals surface area contributed by atoms with E-state index in [-0.39, 0.29) is 0 Å². The molecule has 2 rings (SSSR count). The predicted molar refractivity (Wildman–Crippen MR) is 82.7 cm³/mol. The molecule has 0 bridgehead atoms. The second-order valence-corrected chi connectivity index (χ2v) is 4.36. The number of rotatable bonds is 2. The first-order chi connectivity index (χ1) is 9.86. The van der Waals surface area contributed by atoms with Gasteiger partial charge in [0, 0.05) is 11.4 Å². The Morgan fingerprint density at radius 3 is 1.10 bits per heavy atom. The highest BCUT2D eigenvalue weighted by atomic mass is 32.3. The van der Waals surface area contributed by atoms with E-state index < -0.39 is 10.4 Å². The fourth-order valence-electron chi connectivity index (χ4n) is 1.07. The summed E-state index contributed by atoms with van der Waals surface area (Å²) >= 11 is 0. The maximum absolute atomic E-state index is 8.74. The quantitative estimate of drug-likeness (QED) is 0.276. The predicted octanol–water partition coefficient (Wildman–Crippen LogP) is 1.29. The third kappa shape index (κ3) is 14.1. The van der Waals surface area contributed by atoms with Crippen LogP contribution in [-0.2, 0) is 10.4 Å². The van der Waals surface area contributed by atoms with Crippen molar-refractivity contribution in [2.24, 2.45) is 11.7 Å². The molecule has 21 heavy (non-hydrogen) atoms. The summed E-state index contributed by atoms with van der Waals surface area (Å²) in [5.41, 5.74) is 6.93. The second kappa shape index (κ2) is 10.6. The molecule has 2 aromatic rings. The minimum Gasteiger partial charge on any atom is -0.324 e. The van der Waals surface area contributed by atoms with Crippen LogP contribution < -0.4 is 22.5 Å². The number of anilines is 2. The van der Waals surface area contributed by atoms with Crippen molar-refractivity contribution in [3.63, 3.8) is 0 Å². The summed E-state index contributed by atoms with van der Waals surface area (Å²) in [7, 11) is -4.67. The molecule has 0 atom stereocenters. The molecular weight excluding hydrogens is 296 g/mol. The van der Waals surface area contributed by atoms with Crippen LogP contribution in [0.15, 0.2) is 60.7 Å². The second-order valence-electron chi connectivity index (χ2n) is 3.47. The molecule has 0 unspecified atom stereocenters. The smallest absolute Gasteiger partial charge is 0.324 e. The number of nitrogen functional groups attached to an aromatic ring is 2. The molecule has 8 nitrogen and oxygen atoms in total.